The van der Waals surface area contributed by atoms with Gasteiger partial charge in [-0.3, -0.25) is 9.79 Å². The third kappa shape index (κ3) is 7.92. The van der Waals surface area contributed by atoms with E-state index >= 15 is 0 Å². The average Bonchev–Trinajstić information content (AvgIpc) is 2.74. The summed E-state index contributed by atoms with van der Waals surface area (Å²) in [6, 6.07) is 19.1. The minimum absolute atomic E-state index is 0.0217. The molecule has 0 heterocycles. The van der Waals surface area contributed by atoms with Crippen molar-refractivity contribution in [3.63, 3.8) is 0 Å². The minimum atomic E-state index is -1.08. The molecular weight excluding hydrogens is 382 g/mol. The Morgan fingerprint density at radius 2 is 1.53 bits per heavy atom. The summed E-state index contributed by atoms with van der Waals surface area (Å²) in [4.78, 5) is 27.5. The van der Waals surface area contributed by atoms with Gasteiger partial charge in [-0.05, 0) is 24.0 Å². The Balaban J connectivity index is 1.88. The molecule has 0 aliphatic rings. The van der Waals surface area contributed by atoms with E-state index in [2.05, 4.69) is 39.9 Å². The first-order valence-electron chi connectivity index (χ1n) is 9.85. The van der Waals surface area contributed by atoms with Crippen LogP contribution in [0, 0.1) is 0 Å². The molecule has 0 saturated carbocycles. The lowest BCUT2D eigenvalue weighted by atomic mass is 9.91. The van der Waals surface area contributed by atoms with Gasteiger partial charge in [-0.2, -0.15) is 0 Å². The number of nitrogens with one attached hydrogen (secondary N) is 2. The van der Waals surface area contributed by atoms with Gasteiger partial charge < -0.3 is 27.2 Å². The fourth-order valence-corrected chi connectivity index (χ4v) is 3.14. The number of nitrogens with two attached hydrogens (primary N) is 2. The van der Waals surface area contributed by atoms with Gasteiger partial charge >= 0.3 is 5.97 Å². The van der Waals surface area contributed by atoms with Crippen LogP contribution in [0.3, 0.4) is 0 Å². The van der Waals surface area contributed by atoms with E-state index < -0.39 is 12.0 Å². The SMILES string of the molecule is NC(N)=NCCCC(NC(=O)CNCC(c1ccccc1)c1ccccc1)C(=O)O. The van der Waals surface area contributed by atoms with Crippen molar-refractivity contribution < 1.29 is 14.7 Å². The van der Waals surface area contributed by atoms with Crippen molar-refractivity contribution in [1.29, 1.82) is 0 Å². The van der Waals surface area contributed by atoms with Gasteiger partial charge in [-0.1, -0.05) is 60.7 Å². The van der Waals surface area contributed by atoms with E-state index in [1.165, 1.54) is 0 Å². The van der Waals surface area contributed by atoms with E-state index in [0.717, 1.165) is 11.1 Å². The van der Waals surface area contributed by atoms with Crippen LogP contribution in [0.2, 0.25) is 0 Å². The summed E-state index contributed by atoms with van der Waals surface area (Å²) < 4.78 is 0. The highest BCUT2D eigenvalue weighted by molar-refractivity contribution is 5.84. The normalized spacial score (nSPS) is 11.6. The van der Waals surface area contributed by atoms with Crippen molar-refractivity contribution >= 4 is 17.8 Å². The lowest BCUT2D eigenvalue weighted by molar-refractivity contribution is -0.141. The second kappa shape index (κ2) is 12.2. The average molecular weight is 412 g/mol. The molecule has 0 spiro atoms. The monoisotopic (exact) mass is 411 g/mol. The molecule has 7 N–H and O–H groups in total. The number of aliphatic carboxylic acids is 1. The molecule has 30 heavy (non-hydrogen) atoms. The molecule has 2 aromatic rings. The first-order chi connectivity index (χ1) is 14.5. The molecule has 1 atom stereocenters. The maximum Gasteiger partial charge on any atom is 0.326 e. The molecule has 8 nitrogen and oxygen atoms in total. The van der Waals surface area contributed by atoms with Gasteiger partial charge in [0.15, 0.2) is 5.96 Å². The Morgan fingerprint density at radius 3 is 2.03 bits per heavy atom. The topological polar surface area (TPSA) is 143 Å². The van der Waals surface area contributed by atoms with Crippen molar-refractivity contribution in [3.8, 4) is 0 Å². The molecule has 0 radical (unpaired) electrons. The van der Waals surface area contributed by atoms with E-state index in [4.69, 9.17) is 11.5 Å². The molecule has 2 rings (SSSR count). The number of guanidine groups is 1. The van der Waals surface area contributed by atoms with Crippen molar-refractivity contribution in [2.45, 2.75) is 24.8 Å². The van der Waals surface area contributed by atoms with Crippen molar-refractivity contribution in [2.75, 3.05) is 19.6 Å². The number of carboxylic acids is 1. The Kier molecular flexibility index (Phi) is 9.33. The lowest BCUT2D eigenvalue weighted by Crippen LogP contribution is -2.45. The van der Waals surface area contributed by atoms with E-state index in [1.54, 1.807) is 0 Å². The maximum absolute atomic E-state index is 12.2. The number of carbonyl (C=O) groups is 2. The number of hydrogen-bond donors (Lipinski definition) is 5. The fourth-order valence-electron chi connectivity index (χ4n) is 3.14. The standard InChI is InChI=1S/C22H29N5O3/c23-22(24)26-13-7-12-19(21(29)30)27-20(28)15-25-14-18(16-8-3-1-4-9-16)17-10-5-2-6-11-17/h1-6,8-11,18-19,25H,7,12-15H2,(H,27,28)(H,29,30)(H4,23,24,26). The summed E-state index contributed by atoms with van der Waals surface area (Å²) in [5, 5.41) is 15.0. The number of nitrogens with zero attached hydrogens (tertiary/aromatic N) is 1. The van der Waals surface area contributed by atoms with Crippen LogP contribution in [0.1, 0.15) is 29.9 Å². The zero-order chi connectivity index (χ0) is 21.8. The van der Waals surface area contributed by atoms with Gasteiger partial charge in [-0.15, -0.1) is 0 Å². The van der Waals surface area contributed by atoms with Crippen LogP contribution in [0.4, 0.5) is 0 Å². The van der Waals surface area contributed by atoms with Gasteiger partial charge in [0.1, 0.15) is 6.04 Å². The van der Waals surface area contributed by atoms with E-state index in [-0.39, 0.29) is 30.8 Å². The zero-order valence-corrected chi connectivity index (χ0v) is 16.8. The molecule has 2 aromatic carbocycles. The molecule has 0 aromatic heterocycles. The predicted octanol–water partition coefficient (Wildman–Crippen LogP) is 1.03. The molecule has 1 unspecified atom stereocenters. The predicted molar refractivity (Wildman–Crippen MR) is 117 cm³/mol. The third-order valence-electron chi connectivity index (χ3n) is 4.62. The van der Waals surface area contributed by atoms with Crippen molar-refractivity contribution in [3.05, 3.63) is 71.8 Å². The zero-order valence-electron chi connectivity index (χ0n) is 16.8. The Bertz CT molecular complexity index is 784. The molecular formula is C22H29N5O3. The first-order valence-corrected chi connectivity index (χ1v) is 9.85. The minimum Gasteiger partial charge on any atom is -0.480 e. The van der Waals surface area contributed by atoms with E-state index in [9.17, 15) is 14.7 Å². The van der Waals surface area contributed by atoms with E-state index in [1.807, 2.05) is 36.4 Å². The van der Waals surface area contributed by atoms with Crippen molar-refractivity contribution in [2.24, 2.45) is 16.5 Å². The molecule has 0 fully saturated rings. The summed E-state index contributed by atoms with van der Waals surface area (Å²) in [6.07, 6.45) is 0.696. The molecule has 0 aliphatic carbocycles. The highest BCUT2D eigenvalue weighted by Crippen LogP contribution is 2.23. The number of rotatable bonds is 12. The van der Waals surface area contributed by atoms with Gasteiger partial charge in [-0.25, -0.2) is 4.79 Å². The quantitative estimate of drug-likeness (QED) is 0.201. The van der Waals surface area contributed by atoms with Crippen LogP contribution >= 0.6 is 0 Å². The number of aliphatic imine (C=N–C) groups is 1. The second-order valence-corrected chi connectivity index (χ2v) is 6.91. The Hall–Kier alpha value is -3.39. The first kappa shape index (κ1) is 22.9. The highest BCUT2D eigenvalue weighted by atomic mass is 16.4. The Morgan fingerprint density at radius 1 is 0.967 bits per heavy atom. The molecule has 160 valence electrons. The van der Waals surface area contributed by atoms with Gasteiger partial charge in [0.05, 0.1) is 6.54 Å². The van der Waals surface area contributed by atoms with Crippen LogP contribution in [0.5, 0.6) is 0 Å². The summed E-state index contributed by atoms with van der Waals surface area (Å²) in [5.74, 6) is -1.42. The lowest BCUT2D eigenvalue weighted by Gasteiger charge is -2.19. The highest BCUT2D eigenvalue weighted by Gasteiger charge is 2.20. The van der Waals surface area contributed by atoms with Crippen LogP contribution in [-0.2, 0) is 9.59 Å². The second-order valence-electron chi connectivity index (χ2n) is 6.91. The Labute approximate surface area is 176 Å². The van der Waals surface area contributed by atoms with E-state index in [0.29, 0.717) is 19.5 Å². The molecule has 1 amide bonds. The van der Waals surface area contributed by atoms with Gasteiger partial charge in [0.25, 0.3) is 0 Å². The number of amides is 1. The summed E-state index contributed by atoms with van der Waals surface area (Å²) >= 11 is 0. The smallest absolute Gasteiger partial charge is 0.326 e. The molecule has 0 aliphatic heterocycles. The third-order valence-corrected chi connectivity index (χ3v) is 4.62. The van der Waals surface area contributed by atoms with Crippen LogP contribution in [0.25, 0.3) is 0 Å². The summed E-state index contributed by atoms with van der Waals surface area (Å²) in [6.45, 7) is 0.883. The van der Waals surface area contributed by atoms with Crippen molar-refractivity contribution in [1.82, 2.24) is 10.6 Å². The van der Waals surface area contributed by atoms with Crippen LogP contribution in [0.15, 0.2) is 65.7 Å². The van der Waals surface area contributed by atoms with Gasteiger partial charge in [0.2, 0.25) is 5.91 Å². The van der Waals surface area contributed by atoms with Crippen LogP contribution in [-0.4, -0.2) is 48.6 Å². The maximum atomic E-state index is 12.2. The summed E-state index contributed by atoms with van der Waals surface area (Å²) in [5.41, 5.74) is 12.8. The number of carbonyl (C=O) groups excluding carboxylic acids is 1. The number of carboxylic acid groups (broad SMARTS) is 1. The molecule has 8 heteroatoms. The molecule has 0 bridgehead atoms. The number of benzene rings is 2. The summed E-state index contributed by atoms with van der Waals surface area (Å²) in [7, 11) is 0. The largest absolute Gasteiger partial charge is 0.480 e. The molecule has 0 saturated heterocycles. The fraction of sp³-hybridized carbons (Fsp3) is 0.318. The number of hydrogen-bond acceptors (Lipinski definition) is 4. The van der Waals surface area contributed by atoms with Crippen LogP contribution < -0.4 is 22.1 Å². The van der Waals surface area contributed by atoms with Gasteiger partial charge in [0, 0.05) is 19.0 Å².